The van der Waals surface area contributed by atoms with E-state index in [2.05, 4.69) is 35.8 Å². The van der Waals surface area contributed by atoms with Crippen LogP contribution in [0.5, 0.6) is 5.75 Å². The monoisotopic (exact) mass is 232 g/mol. The van der Waals surface area contributed by atoms with Gasteiger partial charge in [0.05, 0.1) is 0 Å². The van der Waals surface area contributed by atoms with Crippen LogP contribution < -0.4 is 15.4 Å². The molecular weight excluding hydrogens is 212 g/mol. The summed E-state index contributed by atoms with van der Waals surface area (Å²) in [5.41, 5.74) is 2.69. The SMILES string of the molecule is CC1(Oc2cccc3c2CNC3)CCCNC1. The van der Waals surface area contributed by atoms with E-state index in [1.165, 1.54) is 17.5 Å². The topological polar surface area (TPSA) is 33.3 Å². The Morgan fingerprint density at radius 1 is 1.24 bits per heavy atom. The van der Waals surface area contributed by atoms with Gasteiger partial charge in [-0.3, -0.25) is 0 Å². The van der Waals surface area contributed by atoms with E-state index in [0.717, 1.165) is 38.3 Å². The summed E-state index contributed by atoms with van der Waals surface area (Å²) in [4.78, 5) is 0. The fraction of sp³-hybridized carbons (Fsp3) is 0.571. The fourth-order valence-corrected chi connectivity index (χ4v) is 2.78. The highest BCUT2D eigenvalue weighted by atomic mass is 16.5. The van der Waals surface area contributed by atoms with Crippen molar-refractivity contribution in [2.75, 3.05) is 13.1 Å². The van der Waals surface area contributed by atoms with Gasteiger partial charge in [-0.25, -0.2) is 0 Å². The highest BCUT2D eigenvalue weighted by molar-refractivity contribution is 5.42. The van der Waals surface area contributed by atoms with Gasteiger partial charge in [-0.05, 0) is 37.9 Å². The molecule has 1 aromatic rings. The van der Waals surface area contributed by atoms with Gasteiger partial charge in [-0.15, -0.1) is 0 Å². The van der Waals surface area contributed by atoms with Gasteiger partial charge in [0.25, 0.3) is 0 Å². The molecule has 2 heterocycles. The predicted molar refractivity (Wildman–Crippen MR) is 68.1 cm³/mol. The minimum absolute atomic E-state index is 0.0457. The smallest absolute Gasteiger partial charge is 0.125 e. The van der Waals surface area contributed by atoms with Crippen LogP contribution in [0, 0.1) is 0 Å². The summed E-state index contributed by atoms with van der Waals surface area (Å²) >= 11 is 0. The Balaban J connectivity index is 1.83. The van der Waals surface area contributed by atoms with E-state index < -0.39 is 0 Å². The molecule has 0 radical (unpaired) electrons. The molecule has 2 N–H and O–H groups in total. The third kappa shape index (κ3) is 2.17. The first-order valence-electron chi connectivity index (χ1n) is 6.48. The summed E-state index contributed by atoms with van der Waals surface area (Å²) in [5.74, 6) is 1.07. The molecule has 2 aliphatic heterocycles. The van der Waals surface area contributed by atoms with Crippen LogP contribution in [0.1, 0.15) is 30.9 Å². The molecule has 1 saturated heterocycles. The lowest BCUT2D eigenvalue weighted by molar-refractivity contribution is 0.0605. The number of hydrogen-bond donors (Lipinski definition) is 2. The molecule has 0 aromatic heterocycles. The second-order valence-electron chi connectivity index (χ2n) is 5.33. The number of rotatable bonds is 2. The van der Waals surface area contributed by atoms with Gasteiger partial charge in [-0.1, -0.05) is 12.1 Å². The van der Waals surface area contributed by atoms with E-state index >= 15 is 0 Å². The maximum absolute atomic E-state index is 6.28. The zero-order valence-electron chi connectivity index (χ0n) is 10.4. The van der Waals surface area contributed by atoms with Crippen molar-refractivity contribution in [2.24, 2.45) is 0 Å². The molecule has 1 aromatic carbocycles. The average molecular weight is 232 g/mol. The zero-order valence-corrected chi connectivity index (χ0v) is 10.4. The highest BCUT2D eigenvalue weighted by Gasteiger charge is 2.30. The Bertz CT molecular complexity index is 411. The molecule has 17 heavy (non-hydrogen) atoms. The number of benzene rings is 1. The summed E-state index contributed by atoms with van der Waals surface area (Å²) in [6.45, 7) is 6.19. The van der Waals surface area contributed by atoms with Crippen LogP contribution in [-0.2, 0) is 13.1 Å². The summed E-state index contributed by atoms with van der Waals surface area (Å²) in [6, 6.07) is 6.39. The molecule has 0 spiro atoms. The molecule has 1 atom stereocenters. The van der Waals surface area contributed by atoms with Gasteiger partial charge in [0, 0.05) is 25.2 Å². The lowest BCUT2D eigenvalue weighted by Gasteiger charge is -2.35. The van der Waals surface area contributed by atoms with Crippen LogP contribution in [0.3, 0.4) is 0 Å². The molecule has 0 aliphatic carbocycles. The number of nitrogens with one attached hydrogen (secondary N) is 2. The van der Waals surface area contributed by atoms with E-state index in [4.69, 9.17) is 4.74 Å². The number of piperidine rings is 1. The van der Waals surface area contributed by atoms with E-state index in [0.29, 0.717) is 0 Å². The summed E-state index contributed by atoms with van der Waals surface area (Å²) in [7, 11) is 0. The minimum atomic E-state index is -0.0457. The maximum Gasteiger partial charge on any atom is 0.125 e. The molecule has 1 unspecified atom stereocenters. The average Bonchev–Trinajstić information content (AvgIpc) is 2.79. The van der Waals surface area contributed by atoms with Crippen molar-refractivity contribution < 1.29 is 4.74 Å². The van der Waals surface area contributed by atoms with Crippen LogP contribution in [0.15, 0.2) is 18.2 Å². The maximum atomic E-state index is 6.28. The normalized spacial score (nSPS) is 27.8. The summed E-state index contributed by atoms with van der Waals surface area (Å²) in [5, 5.41) is 6.80. The lowest BCUT2D eigenvalue weighted by atomic mass is 9.96. The highest BCUT2D eigenvalue weighted by Crippen LogP contribution is 2.31. The van der Waals surface area contributed by atoms with Gasteiger partial charge in [-0.2, -0.15) is 0 Å². The van der Waals surface area contributed by atoms with Crippen molar-refractivity contribution in [3.63, 3.8) is 0 Å². The molecule has 3 heteroatoms. The number of ether oxygens (including phenoxy) is 1. The molecule has 3 rings (SSSR count). The molecule has 3 nitrogen and oxygen atoms in total. The number of fused-ring (bicyclic) bond motifs is 1. The Kier molecular flexibility index (Phi) is 2.81. The molecule has 92 valence electrons. The van der Waals surface area contributed by atoms with E-state index in [1.54, 1.807) is 0 Å². The zero-order chi connectivity index (χ0) is 11.7. The third-order valence-corrected chi connectivity index (χ3v) is 3.76. The van der Waals surface area contributed by atoms with Crippen molar-refractivity contribution in [3.05, 3.63) is 29.3 Å². The standard InChI is InChI=1S/C14H20N2O/c1-14(6-3-7-15-10-14)17-13-5-2-4-11-8-16-9-12(11)13/h2,4-5,15-16H,3,6-10H2,1H3. The molecule has 0 bridgehead atoms. The first kappa shape index (κ1) is 11.1. The first-order chi connectivity index (χ1) is 8.27. The molecule has 0 saturated carbocycles. The second kappa shape index (κ2) is 4.31. The predicted octanol–water partition coefficient (Wildman–Crippen LogP) is 1.81. The Morgan fingerprint density at radius 3 is 3.00 bits per heavy atom. The van der Waals surface area contributed by atoms with Crippen LogP contribution in [0.2, 0.25) is 0 Å². The molecule has 0 amide bonds. The van der Waals surface area contributed by atoms with Crippen molar-refractivity contribution >= 4 is 0 Å². The van der Waals surface area contributed by atoms with E-state index in [9.17, 15) is 0 Å². The lowest BCUT2D eigenvalue weighted by Crippen LogP contribution is -2.47. The van der Waals surface area contributed by atoms with Crippen LogP contribution in [0.25, 0.3) is 0 Å². The fourth-order valence-electron chi connectivity index (χ4n) is 2.78. The molecular formula is C14H20N2O. The third-order valence-electron chi connectivity index (χ3n) is 3.76. The number of hydrogen-bond acceptors (Lipinski definition) is 3. The van der Waals surface area contributed by atoms with E-state index in [-0.39, 0.29) is 5.60 Å². The Labute approximate surface area is 103 Å². The summed E-state index contributed by atoms with van der Waals surface area (Å²) < 4.78 is 6.28. The Hall–Kier alpha value is -1.06. The Morgan fingerprint density at radius 2 is 2.18 bits per heavy atom. The first-order valence-corrected chi connectivity index (χ1v) is 6.48. The largest absolute Gasteiger partial charge is 0.486 e. The van der Waals surface area contributed by atoms with Gasteiger partial charge in [0.2, 0.25) is 0 Å². The van der Waals surface area contributed by atoms with Crippen molar-refractivity contribution in [2.45, 2.75) is 38.5 Å². The van der Waals surface area contributed by atoms with Crippen LogP contribution in [0.4, 0.5) is 0 Å². The van der Waals surface area contributed by atoms with Crippen molar-refractivity contribution in [1.29, 1.82) is 0 Å². The van der Waals surface area contributed by atoms with Crippen molar-refractivity contribution in [1.82, 2.24) is 10.6 Å². The summed E-state index contributed by atoms with van der Waals surface area (Å²) in [6.07, 6.45) is 2.33. The van der Waals surface area contributed by atoms with Gasteiger partial charge in [0.1, 0.15) is 11.4 Å². The van der Waals surface area contributed by atoms with Crippen molar-refractivity contribution in [3.8, 4) is 5.75 Å². The quantitative estimate of drug-likeness (QED) is 0.816. The van der Waals surface area contributed by atoms with Gasteiger partial charge >= 0.3 is 0 Å². The molecule has 1 fully saturated rings. The van der Waals surface area contributed by atoms with Crippen LogP contribution >= 0.6 is 0 Å². The van der Waals surface area contributed by atoms with Gasteiger partial charge in [0.15, 0.2) is 0 Å². The van der Waals surface area contributed by atoms with Crippen LogP contribution in [-0.4, -0.2) is 18.7 Å². The molecule has 2 aliphatic rings. The van der Waals surface area contributed by atoms with Gasteiger partial charge < -0.3 is 15.4 Å². The minimum Gasteiger partial charge on any atom is -0.486 e. The second-order valence-corrected chi connectivity index (χ2v) is 5.33. The van der Waals surface area contributed by atoms with E-state index in [1.807, 2.05) is 0 Å².